The van der Waals surface area contributed by atoms with Gasteiger partial charge >= 0.3 is 0 Å². The molecule has 0 fully saturated rings. The standard InChI is InChI=1S/C17H17ClF2N2O3S/c1-3-22(4-2)26(24,25)16-9-11(5-7-13(16)18)17(23)21-12-6-8-14(19)15(20)10-12/h5-10H,3-4H2,1-2H3,(H,21,23). The van der Waals surface area contributed by atoms with Gasteiger partial charge < -0.3 is 5.32 Å². The van der Waals surface area contributed by atoms with Crippen molar-refractivity contribution < 1.29 is 22.0 Å². The van der Waals surface area contributed by atoms with Gasteiger partial charge in [-0.3, -0.25) is 4.79 Å². The molecule has 0 unspecified atom stereocenters. The molecule has 0 atom stereocenters. The summed E-state index contributed by atoms with van der Waals surface area (Å²) < 4.78 is 52.7. The summed E-state index contributed by atoms with van der Waals surface area (Å²) in [6.07, 6.45) is 0. The van der Waals surface area contributed by atoms with Crippen molar-refractivity contribution in [2.75, 3.05) is 18.4 Å². The molecule has 26 heavy (non-hydrogen) atoms. The number of anilines is 1. The molecule has 2 aromatic rings. The van der Waals surface area contributed by atoms with Gasteiger partial charge in [0.2, 0.25) is 10.0 Å². The summed E-state index contributed by atoms with van der Waals surface area (Å²) in [4.78, 5) is 12.1. The van der Waals surface area contributed by atoms with Gasteiger partial charge in [-0.05, 0) is 30.3 Å². The van der Waals surface area contributed by atoms with Gasteiger partial charge in [-0.1, -0.05) is 25.4 Å². The second kappa shape index (κ2) is 8.11. The Kier molecular flexibility index (Phi) is 6.33. The molecule has 1 amide bonds. The predicted molar refractivity (Wildman–Crippen MR) is 95.9 cm³/mol. The summed E-state index contributed by atoms with van der Waals surface area (Å²) in [5.41, 5.74) is 0.0573. The summed E-state index contributed by atoms with van der Waals surface area (Å²) in [5.74, 6) is -2.82. The first-order valence-electron chi connectivity index (χ1n) is 7.76. The fourth-order valence-corrected chi connectivity index (χ4v) is 4.28. The van der Waals surface area contributed by atoms with Crippen LogP contribution in [0.25, 0.3) is 0 Å². The van der Waals surface area contributed by atoms with Crippen LogP contribution in [0.2, 0.25) is 5.02 Å². The number of nitrogens with zero attached hydrogens (tertiary/aromatic N) is 1. The van der Waals surface area contributed by atoms with Crippen LogP contribution in [0, 0.1) is 11.6 Å². The molecular weight excluding hydrogens is 386 g/mol. The van der Waals surface area contributed by atoms with Crippen LogP contribution in [0.15, 0.2) is 41.3 Å². The fraction of sp³-hybridized carbons (Fsp3) is 0.235. The summed E-state index contributed by atoms with van der Waals surface area (Å²) in [7, 11) is -3.86. The molecule has 1 N–H and O–H groups in total. The van der Waals surface area contributed by atoms with E-state index in [9.17, 15) is 22.0 Å². The van der Waals surface area contributed by atoms with Crippen LogP contribution in [0.4, 0.5) is 14.5 Å². The highest BCUT2D eigenvalue weighted by molar-refractivity contribution is 7.89. The van der Waals surface area contributed by atoms with Crippen LogP contribution in [-0.4, -0.2) is 31.7 Å². The monoisotopic (exact) mass is 402 g/mol. The van der Waals surface area contributed by atoms with Crippen molar-refractivity contribution in [3.63, 3.8) is 0 Å². The average molecular weight is 403 g/mol. The Morgan fingerprint density at radius 1 is 1.08 bits per heavy atom. The lowest BCUT2D eigenvalue weighted by Gasteiger charge is -2.19. The van der Waals surface area contributed by atoms with Crippen LogP contribution >= 0.6 is 11.6 Å². The normalized spacial score (nSPS) is 11.6. The maximum absolute atomic E-state index is 13.2. The average Bonchev–Trinajstić information content (AvgIpc) is 2.59. The lowest BCUT2D eigenvalue weighted by atomic mass is 10.2. The Labute approximate surface area is 155 Å². The zero-order valence-electron chi connectivity index (χ0n) is 14.1. The number of rotatable bonds is 6. The quantitative estimate of drug-likeness (QED) is 0.796. The lowest BCUT2D eigenvalue weighted by Crippen LogP contribution is -2.31. The van der Waals surface area contributed by atoms with Crippen LogP contribution in [0.5, 0.6) is 0 Å². The minimum atomic E-state index is -3.86. The number of hydrogen-bond acceptors (Lipinski definition) is 3. The summed E-state index contributed by atoms with van der Waals surface area (Å²) in [6.45, 7) is 3.88. The van der Waals surface area contributed by atoms with Crippen molar-refractivity contribution in [3.05, 3.63) is 58.6 Å². The van der Waals surface area contributed by atoms with Crippen LogP contribution < -0.4 is 5.32 Å². The Balaban J connectivity index is 2.36. The van der Waals surface area contributed by atoms with Gasteiger partial charge in [0.15, 0.2) is 11.6 Å². The van der Waals surface area contributed by atoms with Gasteiger partial charge in [0.25, 0.3) is 5.91 Å². The summed E-state index contributed by atoms with van der Waals surface area (Å²) in [5, 5.41) is 2.37. The first kappa shape index (κ1) is 20.3. The molecule has 2 rings (SSSR count). The molecular formula is C17H17ClF2N2O3S. The number of sulfonamides is 1. The van der Waals surface area contributed by atoms with Crippen molar-refractivity contribution in [3.8, 4) is 0 Å². The molecule has 140 valence electrons. The van der Waals surface area contributed by atoms with E-state index >= 15 is 0 Å². The smallest absolute Gasteiger partial charge is 0.255 e. The van der Waals surface area contributed by atoms with E-state index in [-0.39, 0.29) is 34.3 Å². The van der Waals surface area contributed by atoms with E-state index < -0.39 is 27.6 Å². The lowest BCUT2D eigenvalue weighted by molar-refractivity contribution is 0.102. The Hall–Kier alpha value is -2.03. The molecule has 0 spiro atoms. The molecule has 0 bridgehead atoms. The van der Waals surface area contributed by atoms with Crippen molar-refractivity contribution in [2.24, 2.45) is 0 Å². The van der Waals surface area contributed by atoms with E-state index in [1.165, 1.54) is 22.5 Å². The van der Waals surface area contributed by atoms with Crippen molar-refractivity contribution >= 4 is 33.2 Å². The third kappa shape index (κ3) is 4.20. The second-order valence-electron chi connectivity index (χ2n) is 5.32. The highest BCUT2D eigenvalue weighted by Crippen LogP contribution is 2.26. The topological polar surface area (TPSA) is 66.5 Å². The minimum absolute atomic E-state index is 0.0127. The largest absolute Gasteiger partial charge is 0.322 e. The van der Waals surface area contributed by atoms with E-state index in [1.807, 2.05) is 0 Å². The van der Waals surface area contributed by atoms with Gasteiger partial charge in [0, 0.05) is 30.4 Å². The number of benzene rings is 2. The number of hydrogen-bond donors (Lipinski definition) is 1. The van der Waals surface area contributed by atoms with Crippen LogP contribution in [0.3, 0.4) is 0 Å². The highest BCUT2D eigenvalue weighted by atomic mass is 35.5. The first-order chi connectivity index (χ1) is 12.2. The molecule has 0 radical (unpaired) electrons. The fourth-order valence-electron chi connectivity index (χ4n) is 2.32. The number of carbonyl (C=O) groups is 1. The second-order valence-corrected chi connectivity index (χ2v) is 7.63. The number of amides is 1. The number of carbonyl (C=O) groups excluding carboxylic acids is 1. The van der Waals surface area contributed by atoms with E-state index in [0.717, 1.165) is 18.2 Å². The molecule has 0 aromatic heterocycles. The molecule has 0 aliphatic heterocycles. The molecule has 2 aromatic carbocycles. The van der Waals surface area contributed by atoms with Crippen molar-refractivity contribution in [2.45, 2.75) is 18.7 Å². The van der Waals surface area contributed by atoms with E-state index in [2.05, 4.69) is 5.32 Å². The van der Waals surface area contributed by atoms with Gasteiger partial charge in [-0.25, -0.2) is 17.2 Å². The molecule has 0 heterocycles. The van der Waals surface area contributed by atoms with E-state index in [1.54, 1.807) is 13.8 Å². The van der Waals surface area contributed by atoms with Gasteiger partial charge in [0.05, 0.1) is 5.02 Å². The Morgan fingerprint density at radius 2 is 1.73 bits per heavy atom. The molecule has 0 saturated carbocycles. The zero-order chi connectivity index (χ0) is 19.5. The Bertz CT molecular complexity index is 932. The van der Waals surface area contributed by atoms with Gasteiger partial charge in [-0.15, -0.1) is 0 Å². The zero-order valence-corrected chi connectivity index (χ0v) is 15.7. The highest BCUT2D eigenvalue weighted by Gasteiger charge is 2.25. The van der Waals surface area contributed by atoms with Crippen LogP contribution in [-0.2, 0) is 10.0 Å². The van der Waals surface area contributed by atoms with E-state index in [4.69, 9.17) is 11.6 Å². The minimum Gasteiger partial charge on any atom is -0.322 e. The van der Waals surface area contributed by atoms with Crippen molar-refractivity contribution in [1.29, 1.82) is 0 Å². The third-order valence-electron chi connectivity index (χ3n) is 3.69. The predicted octanol–water partition coefficient (Wildman–Crippen LogP) is 3.90. The van der Waals surface area contributed by atoms with Gasteiger partial charge in [0.1, 0.15) is 4.90 Å². The van der Waals surface area contributed by atoms with Gasteiger partial charge in [-0.2, -0.15) is 4.31 Å². The maximum atomic E-state index is 13.2. The molecule has 5 nitrogen and oxygen atoms in total. The molecule has 0 aliphatic rings. The maximum Gasteiger partial charge on any atom is 0.255 e. The molecule has 0 saturated heterocycles. The van der Waals surface area contributed by atoms with Crippen molar-refractivity contribution in [1.82, 2.24) is 4.31 Å². The summed E-state index contributed by atoms with van der Waals surface area (Å²) >= 11 is 6.01. The first-order valence-corrected chi connectivity index (χ1v) is 9.58. The van der Waals surface area contributed by atoms with E-state index in [0.29, 0.717) is 0 Å². The van der Waals surface area contributed by atoms with Crippen LogP contribution in [0.1, 0.15) is 24.2 Å². The number of halogens is 3. The molecule has 9 heteroatoms. The Morgan fingerprint density at radius 3 is 2.31 bits per heavy atom. The number of nitrogens with one attached hydrogen (secondary N) is 1. The third-order valence-corrected chi connectivity index (χ3v) is 6.23. The SMILES string of the molecule is CCN(CC)S(=O)(=O)c1cc(C(=O)Nc2ccc(F)c(F)c2)ccc1Cl. The molecule has 0 aliphatic carbocycles. The summed E-state index contributed by atoms with van der Waals surface area (Å²) in [6, 6.07) is 6.71.